The van der Waals surface area contributed by atoms with E-state index >= 15 is 0 Å². The van der Waals surface area contributed by atoms with Gasteiger partial charge in [0.25, 0.3) is 0 Å². The monoisotopic (exact) mass is 290 g/mol. The van der Waals surface area contributed by atoms with Crippen LogP contribution in [0.2, 0.25) is 0 Å². The highest BCUT2D eigenvalue weighted by atomic mass is 16.6. The van der Waals surface area contributed by atoms with Crippen LogP contribution in [0.25, 0.3) is 0 Å². The molecule has 1 aliphatic carbocycles. The molecule has 114 valence electrons. The smallest absolute Gasteiger partial charge is 0.377 e. The summed E-state index contributed by atoms with van der Waals surface area (Å²) >= 11 is 0. The topological polar surface area (TPSA) is 55.8 Å². The van der Waals surface area contributed by atoms with Crippen molar-refractivity contribution in [1.82, 2.24) is 0 Å². The first-order chi connectivity index (χ1) is 10.2. The number of aliphatic hydroxyl groups is 1. The lowest BCUT2D eigenvalue weighted by Gasteiger charge is -2.23. The summed E-state index contributed by atoms with van der Waals surface area (Å²) in [6.07, 6.45) is 6.87. The summed E-state index contributed by atoms with van der Waals surface area (Å²) < 4.78 is 10.1. The fourth-order valence-electron chi connectivity index (χ4n) is 2.76. The molecule has 0 saturated heterocycles. The van der Waals surface area contributed by atoms with Gasteiger partial charge in [-0.25, -0.2) is 4.79 Å². The van der Waals surface area contributed by atoms with Gasteiger partial charge in [0, 0.05) is 0 Å². The maximum Gasteiger partial charge on any atom is 0.377 e. The van der Waals surface area contributed by atoms with Gasteiger partial charge in [0.15, 0.2) is 0 Å². The van der Waals surface area contributed by atoms with Crippen LogP contribution in [0.1, 0.15) is 49.1 Å². The summed E-state index contributed by atoms with van der Waals surface area (Å²) in [6, 6.07) is 6.09. The number of ether oxygens (including phenoxy) is 2. The van der Waals surface area contributed by atoms with Crippen molar-refractivity contribution in [3.05, 3.63) is 41.3 Å². The van der Waals surface area contributed by atoms with Crippen molar-refractivity contribution in [1.29, 1.82) is 0 Å². The molecule has 1 N–H and O–H groups in total. The van der Waals surface area contributed by atoms with Gasteiger partial charge in [0.2, 0.25) is 5.76 Å². The molecule has 4 heteroatoms. The number of carbonyl (C=O) groups is 1. The van der Waals surface area contributed by atoms with Gasteiger partial charge in [-0.2, -0.15) is 0 Å². The van der Waals surface area contributed by atoms with E-state index in [0.29, 0.717) is 17.9 Å². The number of hydrogen-bond donors (Lipinski definition) is 1. The molecule has 0 aliphatic heterocycles. The quantitative estimate of drug-likeness (QED) is 0.517. The number of esters is 1. The van der Waals surface area contributed by atoms with E-state index in [1.54, 1.807) is 0 Å². The lowest BCUT2D eigenvalue weighted by atomic mass is 9.84. The number of hydrogen-bond acceptors (Lipinski definition) is 4. The summed E-state index contributed by atoms with van der Waals surface area (Å²) in [6.45, 7) is 1.91. The summed E-state index contributed by atoms with van der Waals surface area (Å²) in [7, 11) is 1.25. The van der Waals surface area contributed by atoms with E-state index in [1.165, 1.54) is 44.8 Å². The molecule has 1 aromatic rings. The van der Waals surface area contributed by atoms with Gasteiger partial charge in [0.1, 0.15) is 12.0 Å². The maximum atomic E-state index is 11.5. The molecular weight excluding hydrogens is 268 g/mol. The highest BCUT2D eigenvalue weighted by molar-refractivity contribution is 5.86. The molecule has 0 bridgehead atoms. The SMILES string of the molecule is COC(=O)/C(=C/O)Oc1cc(C2CCCCC2)ccc1C. The molecule has 1 aromatic carbocycles. The normalized spacial score (nSPS) is 16.6. The average Bonchev–Trinajstić information content (AvgIpc) is 2.54. The molecule has 1 fully saturated rings. The first-order valence-electron chi connectivity index (χ1n) is 7.36. The summed E-state index contributed by atoms with van der Waals surface area (Å²) in [5.74, 6) is 0.242. The van der Waals surface area contributed by atoms with Crippen LogP contribution in [0, 0.1) is 6.92 Å². The third-order valence-electron chi connectivity index (χ3n) is 4.01. The highest BCUT2D eigenvalue weighted by Gasteiger charge is 2.18. The average molecular weight is 290 g/mol. The molecule has 0 atom stereocenters. The lowest BCUT2D eigenvalue weighted by molar-refractivity contribution is -0.138. The fraction of sp³-hybridized carbons (Fsp3) is 0.471. The second-order valence-electron chi connectivity index (χ2n) is 5.45. The van der Waals surface area contributed by atoms with E-state index in [-0.39, 0.29) is 5.76 Å². The van der Waals surface area contributed by atoms with Gasteiger partial charge in [-0.1, -0.05) is 31.4 Å². The van der Waals surface area contributed by atoms with E-state index in [1.807, 2.05) is 19.1 Å². The molecule has 1 aliphatic rings. The highest BCUT2D eigenvalue weighted by Crippen LogP contribution is 2.35. The van der Waals surface area contributed by atoms with Crippen LogP contribution in [0.4, 0.5) is 0 Å². The van der Waals surface area contributed by atoms with Crippen molar-refractivity contribution in [2.45, 2.75) is 44.9 Å². The summed E-state index contributed by atoms with van der Waals surface area (Å²) in [5.41, 5.74) is 2.15. The number of aliphatic hydroxyl groups excluding tert-OH is 1. The Balaban J connectivity index is 2.20. The number of benzene rings is 1. The van der Waals surface area contributed by atoms with Gasteiger partial charge < -0.3 is 14.6 Å². The Labute approximate surface area is 125 Å². The zero-order chi connectivity index (χ0) is 15.2. The second-order valence-corrected chi connectivity index (χ2v) is 5.45. The molecule has 0 heterocycles. The third-order valence-corrected chi connectivity index (χ3v) is 4.01. The largest absolute Gasteiger partial charge is 0.511 e. The van der Waals surface area contributed by atoms with Gasteiger partial charge in [-0.15, -0.1) is 0 Å². The summed E-state index contributed by atoms with van der Waals surface area (Å²) in [5, 5.41) is 9.11. The molecule has 0 radical (unpaired) electrons. The minimum absolute atomic E-state index is 0.207. The fourth-order valence-corrected chi connectivity index (χ4v) is 2.76. The van der Waals surface area contributed by atoms with Crippen LogP contribution in [0.3, 0.4) is 0 Å². The number of carbonyl (C=O) groups excluding carboxylic acids is 1. The first-order valence-corrected chi connectivity index (χ1v) is 7.36. The number of rotatable bonds is 4. The molecule has 0 aromatic heterocycles. The van der Waals surface area contributed by atoms with Crippen LogP contribution >= 0.6 is 0 Å². The number of methoxy groups -OCH3 is 1. The maximum absolute atomic E-state index is 11.5. The Bertz CT molecular complexity index is 528. The Morgan fingerprint density at radius 1 is 1.29 bits per heavy atom. The van der Waals surface area contributed by atoms with Crippen molar-refractivity contribution in [3.63, 3.8) is 0 Å². The standard InChI is InChI=1S/C17H22O4/c1-12-8-9-14(13-6-4-3-5-7-13)10-15(12)21-16(11-18)17(19)20-2/h8-11,13,18H,3-7H2,1-2H3/b16-11-. The third kappa shape index (κ3) is 3.78. The molecule has 1 saturated carbocycles. The van der Waals surface area contributed by atoms with E-state index in [4.69, 9.17) is 9.84 Å². The van der Waals surface area contributed by atoms with Gasteiger partial charge in [0.05, 0.1) is 7.11 Å². The molecule has 21 heavy (non-hydrogen) atoms. The van der Waals surface area contributed by atoms with Gasteiger partial charge in [-0.3, -0.25) is 0 Å². The minimum atomic E-state index is -0.694. The van der Waals surface area contributed by atoms with Crippen molar-refractivity contribution in [3.8, 4) is 5.75 Å². The van der Waals surface area contributed by atoms with Crippen LogP contribution in [-0.2, 0) is 9.53 Å². The molecule has 4 nitrogen and oxygen atoms in total. The van der Waals surface area contributed by atoms with Crippen LogP contribution in [-0.4, -0.2) is 18.2 Å². The predicted molar refractivity (Wildman–Crippen MR) is 80.4 cm³/mol. The van der Waals surface area contributed by atoms with Crippen LogP contribution in [0.5, 0.6) is 5.75 Å². The molecule has 0 amide bonds. The molecule has 0 spiro atoms. The van der Waals surface area contributed by atoms with E-state index in [2.05, 4.69) is 10.8 Å². The molecule has 0 unspecified atom stereocenters. The Morgan fingerprint density at radius 3 is 2.62 bits per heavy atom. The Hall–Kier alpha value is -1.97. The van der Waals surface area contributed by atoms with Crippen molar-refractivity contribution in [2.75, 3.05) is 7.11 Å². The lowest BCUT2D eigenvalue weighted by Crippen LogP contribution is -2.12. The van der Waals surface area contributed by atoms with Crippen molar-refractivity contribution < 1.29 is 19.4 Å². The zero-order valence-corrected chi connectivity index (χ0v) is 12.6. The van der Waals surface area contributed by atoms with Gasteiger partial charge in [-0.05, 0) is 42.9 Å². The van der Waals surface area contributed by atoms with Gasteiger partial charge >= 0.3 is 5.97 Å². The summed E-state index contributed by atoms with van der Waals surface area (Å²) in [4.78, 5) is 11.5. The Kier molecular flexibility index (Phi) is 5.26. The van der Waals surface area contributed by atoms with Crippen LogP contribution in [0.15, 0.2) is 30.2 Å². The van der Waals surface area contributed by atoms with E-state index in [9.17, 15) is 4.79 Å². The zero-order valence-electron chi connectivity index (χ0n) is 12.6. The van der Waals surface area contributed by atoms with Crippen molar-refractivity contribution in [2.24, 2.45) is 0 Å². The predicted octanol–water partition coefficient (Wildman–Crippen LogP) is 3.99. The van der Waals surface area contributed by atoms with Crippen molar-refractivity contribution >= 4 is 5.97 Å². The Morgan fingerprint density at radius 2 is 2.00 bits per heavy atom. The molecule has 2 rings (SSSR count). The first kappa shape index (κ1) is 15.4. The molecular formula is C17H22O4. The van der Waals surface area contributed by atoms with Crippen LogP contribution < -0.4 is 4.74 Å². The minimum Gasteiger partial charge on any atom is -0.511 e. The van der Waals surface area contributed by atoms with E-state index < -0.39 is 5.97 Å². The van der Waals surface area contributed by atoms with E-state index in [0.717, 1.165) is 5.56 Å². The second kappa shape index (κ2) is 7.16. The number of aryl methyl sites for hydroxylation is 1.